The van der Waals surface area contributed by atoms with Crippen LogP contribution in [0.2, 0.25) is 0 Å². The van der Waals surface area contributed by atoms with Gasteiger partial charge in [-0.2, -0.15) is 5.26 Å². The van der Waals surface area contributed by atoms with Crippen molar-refractivity contribution in [2.24, 2.45) is 0 Å². The van der Waals surface area contributed by atoms with Crippen molar-refractivity contribution in [3.8, 4) is 6.07 Å². The van der Waals surface area contributed by atoms with Gasteiger partial charge >= 0.3 is 0 Å². The molecule has 2 amide bonds. The number of nitriles is 1. The Bertz CT molecular complexity index is 832. The third kappa shape index (κ3) is 4.25. The quantitative estimate of drug-likeness (QED) is 0.923. The van der Waals surface area contributed by atoms with Gasteiger partial charge in [-0.15, -0.1) is 0 Å². The summed E-state index contributed by atoms with van der Waals surface area (Å²) in [5.41, 5.74) is 1.78. The maximum absolute atomic E-state index is 12.7. The first-order chi connectivity index (χ1) is 12.7. The average Bonchev–Trinajstić information content (AvgIpc) is 2.97. The smallest absolute Gasteiger partial charge is 0.272 e. The van der Waals surface area contributed by atoms with Crippen LogP contribution in [-0.2, 0) is 0 Å². The van der Waals surface area contributed by atoms with E-state index in [-0.39, 0.29) is 11.8 Å². The van der Waals surface area contributed by atoms with Gasteiger partial charge in [-0.05, 0) is 49.2 Å². The molecule has 0 spiro atoms. The van der Waals surface area contributed by atoms with E-state index in [2.05, 4.69) is 10.3 Å². The van der Waals surface area contributed by atoms with E-state index < -0.39 is 0 Å². The molecule has 0 atom stereocenters. The van der Waals surface area contributed by atoms with Crippen LogP contribution in [-0.4, -0.2) is 34.8 Å². The van der Waals surface area contributed by atoms with Gasteiger partial charge in [-0.3, -0.25) is 14.6 Å². The predicted octanol–water partition coefficient (Wildman–Crippen LogP) is 3.22. The van der Waals surface area contributed by atoms with Gasteiger partial charge in [0, 0.05) is 30.5 Å². The van der Waals surface area contributed by atoms with Gasteiger partial charge in [0.2, 0.25) is 0 Å². The molecule has 2 heterocycles. The second-order valence-electron chi connectivity index (χ2n) is 6.28. The van der Waals surface area contributed by atoms with E-state index in [0.717, 1.165) is 38.8 Å². The number of pyridine rings is 1. The van der Waals surface area contributed by atoms with Gasteiger partial charge in [0.1, 0.15) is 5.69 Å². The molecular formula is C20H20N4O2. The summed E-state index contributed by atoms with van der Waals surface area (Å²) in [5, 5.41) is 11.6. The molecule has 1 aromatic carbocycles. The molecule has 6 heteroatoms. The van der Waals surface area contributed by atoms with Crippen molar-refractivity contribution in [1.29, 1.82) is 5.26 Å². The maximum atomic E-state index is 12.7. The third-order valence-corrected chi connectivity index (χ3v) is 4.41. The number of nitrogens with zero attached hydrogens (tertiary/aromatic N) is 3. The van der Waals surface area contributed by atoms with Gasteiger partial charge in [-0.1, -0.05) is 12.8 Å². The zero-order valence-electron chi connectivity index (χ0n) is 14.4. The minimum absolute atomic E-state index is 0.125. The van der Waals surface area contributed by atoms with Crippen LogP contribution in [0.1, 0.15) is 52.1 Å². The number of rotatable bonds is 3. The normalized spacial score (nSPS) is 14.2. The summed E-state index contributed by atoms with van der Waals surface area (Å²) < 4.78 is 0. The Hall–Kier alpha value is -3.20. The Morgan fingerprint density at radius 1 is 1.04 bits per heavy atom. The van der Waals surface area contributed by atoms with Crippen molar-refractivity contribution in [1.82, 2.24) is 9.88 Å². The topological polar surface area (TPSA) is 86.1 Å². The van der Waals surface area contributed by atoms with Gasteiger partial charge in [0.05, 0.1) is 11.6 Å². The zero-order valence-corrected chi connectivity index (χ0v) is 14.4. The highest BCUT2D eigenvalue weighted by Crippen LogP contribution is 2.15. The summed E-state index contributed by atoms with van der Waals surface area (Å²) in [7, 11) is 0. The van der Waals surface area contributed by atoms with E-state index in [9.17, 15) is 9.59 Å². The van der Waals surface area contributed by atoms with E-state index in [1.165, 1.54) is 12.3 Å². The summed E-state index contributed by atoms with van der Waals surface area (Å²) in [6.45, 7) is 1.48. The second kappa shape index (κ2) is 8.26. The minimum Gasteiger partial charge on any atom is -0.337 e. The zero-order chi connectivity index (χ0) is 18.4. The molecule has 26 heavy (non-hydrogen) atoms. The number of anilines is 1. The molecule has 0 aliphatic carbocycles. The molecule has 6 nitrogen and oxygen atoms in total. The van der Waals surface area contributed by atoms with Crippen molar-refractivity contribution in [3.63, 3.8) is 0 Å². The maximum Gasteiger partial charge on any atom is 0.272 e. The molecule has 1 aliphatic rings. The largest absolute Gasteiger partial charge is 0.337 e. The number of hydrogen-bond acceptors (Lipinski definition) is 4. The molecule has 0 bridgehead atoms. The summed E-state index contributed by atoms with van der Waals surface area (Å²) in [6.07, 6.45) is 5.78. The van der Waals surface area contributed by atoms with Gasteiger partial charge < -0.3 is 10.2 Å². The molecule has 1 aromatic heterocycles. The number of carbonyl (C=O) groups is 2. The van der Waals surface area contributed by atoms with Crippen LogP contribution in [0.25, 0.3) is 0 Å². The number of amides is 2. The molecular weight excluding hydrogens is 328 g/mol. The Kier molecular flexibility index (Phi) is 5.59. The van der Waals surface area contributed by atoms with Crippen molar-refractivity contribution in [2.45, 2.75) is 25.7 Å². The van der Waals surface area contributed by atoms with Crippen LogP contribution in [0.15, 0.2) is 42.6 Å². The Morgan fingerprint density at radius 2 is 1.73 bits per heavy atom. The Labute approximate surface area is 152 Å². The van der Waals surface area contributed by atoms with Crippen LogP contribution in [0.3, 0.4) is 0 Å². The lowest BCUT2D eigenvalue weighted by Crippen LogP contribution is -2.32. The van der Waals surface area contributed by atoms with Gasteiger partial charge in [0.15, 0.2) is 0 Å². The van der Waals surface area contributed by atoms with Crippen molar-refractivity contribution in [2.75, 3.05) is 18.4 Å². The number of likely N-dealkylation sites (tertiary alicyclic amines) is 1. The molecule has 1 N–H and O–H groups in total. The molecule has 2 aromatic rings. The van der Waals surface area contributed by atoms with E-state index in [4.69, 9.17) is 5.26 Å². The molecule has 1 saturated heterocycles. The lowest BCUT2D eigenvalue weighted by atomic mass is 10.1. The molecule has 3 rings (SSSR count). The first-order valence-corrected chi connectivity index (χ1v) is 8.74. The van der Waals surface area contributed by atoms with Crippen molar-refractivity contribution < 1.29 is 9.59 Å². The number of aromatic nitrogens is 1. The first-order valence-electron chi connectivity index (χ1n) is 8.74. The highest BCUT2D eigenvalue weighted by Gasteiger charge is 2.19. The van der Waals surface area contributed by atoms with Crippen molar-refractivity contribution in [3.05, 3.63) is 59.4 Å². The lowest BCUT2D eigenvalue weighted by molar-refractivity contribution is 0.0755. The van der Waals surface area contributed by atoms with E-state index in [1.54, 1.807) is 30.3 Å². The predicted molar refractivity (Wildman–Crippen MR) is 97.7 cm³/mol. The minimum atomic E-state index is -0.318. The van der Waals surface area contributed by atoms with E-state index in [0.29, 0.717) is 22.5 Å². The molecule has 0 unspecified atom stereocenters. The van der Waals surface area contributed by atoms with E-state index >= 15 is 0 Å². The van der Waals surface area contributed by atoms with Crippen LogP contribution >= 0.6 is 0 Å². The average molecular weight is 348 g/mol. The first kappa shape index (κ1) is 17.6. The number of benzene rings is 1. The van der Waals surface area contributed by atoms with Gasteiger partial charge in [0.25, 0.3) is 11.8 Å². The Balaban J connectivity index is 1.72. The Morgan fingerprint density at radius 3 is 2.38 bits per heavy atom. The fraction of sp³-hybridized carbons (Fsp3) is 0.300. The van der Waals surface area contributed by atoms with Crippen LogP contribution < -0.4 is 5.32 Å². The third-order valence-electron chi connectivity index (χ3n) is 4.41. The summed E-state index contributed by atoms with van der Waals surface area (Å²) in [6, 6.07) is 11.8. The molecule has 0 radical (unpaired) electrons. The SMILES string of the molecule is N#Cc1ccc(NC(=O)c2ccnc(C(=O)N3CCCCCC3)c2)cc1. The highest BCUT2D eigenvalue weighted by molar-refractivity contribution is 6.05. The highest BCUT2D eigenvalue weighted by atomic mass is 16.2. The number of hydrogen-bond donors (Lipinski definition) is 1. The standard InChI is InChI=1S/C20H20N4O2/c21-14-15-5-7-17(8-6-15)23-19(25)16-9-10-22-18(13-16)20(26)24-11-3-1-2-4-12-24/h5-10,13H,1-4,11-12H2,(H,23,25). The van der Waals surface area contributed by atoms with Crippen molar-refractivity contribution >= 4 is 17.5 Å². The van der Waals surface area contributed by atoms with Crippen LogP contribution in [0.5, 0.6) is 0 Å². The monoisotopic (exact) mass is 348 g/mol. The molecule has 0 saturated carbocycles. The molecule has 132 valence electrons. The summed E-state index contributed by atoms with van der Waals surface area (Å²) in [5.74, 6) is -0.443. The fourth-order valence-corrected chi connectivity index (χ4v) is 2.96. The van der Waals surface area contributed by atoms with E-state index in [1.807, 2.05) is 11.0 Å². The molecule has 1 fully saturated rings. The second-order valence-corrected chi connectivity index (χ2v) is 6.28. The number of nitrogens with one attached hydrogen (secondary N) is 1. The van der Waals surface area contributed by atoms with Crippen LogP contribution in [0.4, 0.5) is 5.69 Å². The fourth-order valence-electron chi connectivity index (χ4n) is 2.96. The van der Waals surface area contributed by atoms with Crippen LogP contribution in [0, 0.1) is 11.3 Å². The molecule has 1 aliphatic heterocycles. The summed E-state index contributed by atoms with van der Waals surface area (Å²) in [4.78, 5) is 31.1. The number of carbonyl (C=O) groups excluding carboxylic acids is 2. The van der Waals surface area contributed by atoms with Gasteiger partial charge in [-0.25, -0.2) is 0 Å². The summed E-state index contributed by atoms with van der Waals surface area (Å²) >= 11 is 0. The lowest BCUT2D eigenvalue weighted by Gasteiger charge is -2.19.